The summed E-state index contributed by atoms with van der Waals surface area (Å²) in [5.74, 6) is -1.04. The van der Waals surface area contributed by atoms with E-state index in [0.29, 0.717) is 17.2 Å². The molecule has 1 amide bonds. The zero-order chi connectivity index (χ0) is 18.4. The van der Waals surface area contributed by atoms with E-state index in [-0.39, 0.29) is 23.0 Å². The first-order chi connectivity index (χ1) is 11.9. The van der Waals surface area contributed by atoms with Crippen molar-refractivity contribution in [1.82, 2.24) is 0 Å². The molecule has 2 rings (SSSR count). The summed E-state index contributed by atoms with van der Waals surface area (Å²) in [5.41, 5.74) is 0.398. The number of nitrogens with one attached hydrogen (secondary N) is 1. The number of aromatic carboxylic acids is 1. The summed E-state index contributed by atoms with van der Waals surface area (Å²) >= 11 is 0. The minimum absolute atomic E-state index is 0.0596. The van der Waals surface area contributed by atoms with Crippen molar-refractivity contribution in [2.75, 3.05) is 25.3 Å². The Bertz CT molecular complexity index is 800. The molecule has 25 heavy (non-hydrogen) atoms. The SMILES string of the molecule is COc1ccc(OC)c(NC(=O)CS(=O)Cc2ccc(C(=O)O)o2)c1. The molecule has 0 aliphatic heterocycles. The van der Waals surface area contributed by atoms with E-state index in [1.807, 2.05) is 0 Å². The van der Waals surface area contributed by atoms with Gasteiger partial charge in [0.15, 0.2) is 0 Å². The summed E-state index contributed by atoms with van der Waals surface area (Å²) in [4.78, 5) is 22.8. The van der Waals surface area contributed by atoms with E-state index in [4.69, 9.17) is 19.0 Å². The van der Waals surface area contributed by atoms with Gasteiger partial charge in [0, 0.05) is 16.9 Å². The number of benzene rings is 1. The zero-order valence-electron chi connectivity index (χ0n) is 13.6. The van der Waals surface area contributed by atoms with Gasteiger partial charge in [-0.05, 0) is 24.3 Å². The Kier molecular flexibility index (Phi) is 6.18. The van der Waals surface area contributed by atoms with Crippen LogP contribution in [0.3, 0.4) is 0 Å². The largest absolute Gasteiger partial charge is 0.497 e. The Hall–Kier alpha value is -2.81. The molecule has 2 N–H and O–H groups in total. The molecule has 0 aliphatic rings. The second-order valence-corrected chi connectivity index (χ2v) is 6.37. The van der Waals surface area contributed by atoms with Crippen LogP contribution < -0.4 is 14.8 Å². The Balaban J connectivity index is 1.97. The number of amides is 1. The Morgan fingerprint density at radius 3 is 2.56 bits per heavy atom. The monoisotopic (exact) mass is 367 g/mol. The van der Waals surface area contributed by atoms with Gasteiger partial charge in [0.25, 0.3) is 0 Å². The second-order valence-electron chi connectivity index (χ2n) is 4.91. The standard InChI is InChI=1S/C16H17NO7S/c1-22-10-3-5-13(23-2)12(7-10)17-15(18)9-25(21)8-11-4-6-14(24-11)16(19)20/h3-7H,8-9H2,1-2H3,(H,17,18)(H,19,20). The number of rotatable bonds is 8. The molecule has 1 aromatic heterocycles. The van der Waals surface area contributed by atoms with Gasteiger partial charge in [0.1, 0.15) is 23.0 Å². The van der Waals surface area contributed by atoms with E-state index in [9.17, 15) is 13.8 Å². The van der Waals surface area contributed by atoms with Gasteiger partial charge in [-0.1, -0.05) is 0 Å². The maximum Gasteiger partial charge on any atom is 0.371 e. The highest BCUT2D eigenvalue weighted by Crippen LogP contribution is 2.28. The van der Waals surface area contributed by atoms with Crippen LogP contribution in [0.1, 0.15) is 16.3 Å². The molecule has 1 heterocycles. The van der Waals surface area contributed by atoms with Crippen molar-refractivity contribution in [2.45, 2.75) is 5.75 Å². The number of hydrogen-bond donors (Lipinski definition) is 2. The highest BCUT2D eigenvalue weighted by Gasteiger charge is 2.15. The van der Waals surface area contributed by atoms with Crippen molar-refractivity contribution in [2.24, 2.45) is 0 Å². The van der Waals surface area contributed by atoms with E-state index in [1.165, 1.54) is 26.4 Å². The smallest absolute Gasteiger partial charge is 0.371 e. The third-order valence-corrected chi connectivity index (χ3v) is 4.34. The lowest BCUT2D eigenvalue weighted by Crippen LogP contribution is -2.20. The normalized spacial score (nSPS) is 11.6. The summed E-state index contributed by atoms with van der Waals surface area (Å²) < 4.78 is 27.3. The summed E-state index contributed by atoms with van der Waals surface area (Å²) in [6.07, 6.45) is 0. The number of hydrogen-bond acceptors (Lipinski definition) is 6. The van der Waals surface area contributed by atoms with Crippen LogP contribution in [-0.2, 0) is 21.3 Å². The van der Waals surface area contributed by atoms with Crippen LogP contribution in [0.25, 0.3) is 0 Å². The first-order valence-corrected chi connectivity index (χ1v) is 8.60. The number of furan rings is 1. The molecule has 0 saturated heterocycles. The van der Waals surface area contributed by atoms with Gasteiger partial charge in [-0.15, -0.1) is 0 Å². The summed E-state index contributed by atoms with van der Waals surface area (Å²) in [7, 11) is 1.40. The maximum atomic E-state index is 12.1. The molecular weight excluding hydrogens is 350 g/mol. The fourth-order valence-corrected chi connectivity index (χ4v) is 2.96. The molecule has 0 bridgehead atoms. The van der Waals surface area contributed by atoms with Gasteiger partial charge >= 0.3 is 5.97 Å². The number of ether oxygens (including phenoxy) is 2. The van der Waals surface area contributed by atoms with Gasteiger partial charge in [-0.3, -0.25) is 9.00 Å². The van der Waals surface area contributed by atoms with Gasteiger partial charge < -0.3 is 24.3 Å². The highest BCUT2D eigenvalue weighted by atomic mass is 32.2. The van der Waals surface area contributed by atoms with Crippen LogP contribution in [0.5, 0.6) is 11.5 Å². The Morgan fingerprint density at radius 2 is 1.96 bits per heavy atom. The van der Waals surface area contributed by atoms with Gasteiger partial charge in [0.2, 0.25) is 11.7 Å². The number of carboxylic acid groups (broad SMARTS) is 1. The Morgan fingerprint density at radius 1 is 1.20 bits per heavy atom. The molecule has 9 heteroatoms. The average molecular weight is 367 g/mol. The van der Waals surface area contributed by atoms with Crippen LogP contribution in [0.15, 0.2) is 34.7 Å². The molecular formula is C16H17NO7S. The fourth-order valence-electron chi connectivity index (χ4n) is 2.02. The van der Waals surface area contributed by atoms with Crippen molar-refractivity contribution in [3.8, 4) is 11.5 Å². The fraction of sp³-hybridized carbons (Fsp3) is 0.250. The van der Waals surface area contributed by atoms with Crippen molar-refractivity contribution < 1.29 is 32.8 Å². The summed E-state index contributed by atoms with van der Waals surface area (Å²) in [5, 5.41) is 11.4. The van der Waals surface area contributed by atoms with Crippen LogP contribution in [0.4, 0.5) is 5.69 Å². The molecule has 0 fully saturated rings. The van der Waals surface area contributed by atoms with Gasteiger partial charge in [0.05, 0.1) is 25.7 Å². The molecule has 1 unspecified atom stereocenters. The lowest BCUT2D eigenvalue weighted by molar-refractivity contribution is -0.113. The van der Waals surface area contributed by atoms with Crippen molar-refractivity contribution >= 4 is 28.4 Å². The van der Waals surface area contributed by atoms with Crippen LogP contribution in [0, 0.1) is 0 Å². The molecule has 8 nitrogen and oxygen atoms in total. The topological polar surface area (TPSA) is 115 Å². The lowest BCUT2D eigenvalue weighted by Gasteiger charge is -2.11. The number of anilines is 1. The number of carbonyl (C=O) groups excluding carboxylic acids is 1. The van der Waals surface area contributed by atoms with Crippen molar-refractivity contribution in [3.05, 3.63) is 41.9 Å². The molecule has 0 radical (unpaired) electrons. The first kappa shape index (κ1) is 18.5. The first-order valence-electron chi connectivity index (χ1n) is 7.11. The second kappa shape index (κ2) is 8.34. The molecule has 2 aromatic rings. The van der Waals surface area contributed by atoms with E-state index in [0.717, 1.165) is 0 Å². The van der Waals surface area contributed by atoms with Crippen LogP contribution >= 0.6 is 0 Å². The van der Waals surface area contributed by atoms with Crippen LogP contribution in [-0.4, -0.2) is 41.2 Å². The molecule has 134 valence electrons. The summed E-state index contributed by atoms with van der Waals surface area (Å²) in [6, 6.07) is 7.61. The minimum Gasteiger partial charge on any atom is -0.497 e. The van der Waals surface area contributed by atoms with Crippen molar-refractivity contribution in [3.63, 3.8) is 0 Å². The Labute approximate surface area is 146 Å². The maximum absolute atomic E-state index is 12.1. The molecule has 1 atom stereocenters. The van der Waals surface area contributed by atoms with E-state index in [1.54, 1.807) is 18.2 Å². The molecule has 0 aliphatic carbocycles. The predicted molar refractivity (Wildman–Crippen MR) is 90.6 cm³/mol. The number of carboxylic acids is 1. The highest BCUT2D eigenvalue weighted by molar-refractivity contribution is 7.84. The third-order valence-electron chi connectivity index (χ3n) is 3.15. The van der Waals surface area contributed by atoms with E-state index < -0.39 is 22.7 Å². The zero-order valence-corrected chi connectivity index (χ0v) is 14.4. The van der Waals surface area contributed by atoms with Gasteiger partial charge in [-0.2, -0.15) is 0 Å². The summed E-state index contributed by atoms with van der Waals surface area (Å²) in [6.45, 7) is 0. The molecule has 1 aromatic carbocycles. The third kappa shape index (κ3) is 5.08. The number of methoxy groups -OCH3 is 2. The lowest BCUT2D eigenvalue weighted by atomic mass is 10.2. The molecule has 0 spiro atoms. The quantitative estimate of drug-likeness (QED) is 0.732. The predicted octanol–water partition coefficient (Wildman–Crippen LogP) is 1.88. The van der Waals surface area contributed by atoms with E-state index in [2.05, 4.69) is 5.32 Å². The average Bonchev–Trinajstić information content (AvgIpc) is 3.03. The van der Waals surface area contributed by atoms with Crippen molar-refractivity contribution in [1.29, 1.82) is 0 Å². The van der Waals surface area contributed by atoms with Crippen LogP contribution in [0.2, 0.25) is 0 Å². The van der Waals surface area contributed by atoms with E-state index >= 15 is 0 Å². The molecule has 0 saturated carbocycles. The van der Waals surface area contributed by atoms with Gasteiger partial charge in [-0.25, -0.2) is 4.79 Å². The minimum atomic E-state index is -1.56. The number of carbonyl (C=O) groups is 2.